The molecule has 0 bridgehead atoms. The molecule has 138 valence electrons. The van der Waals surface area contributed by atoms with Crippen molar-refractivity contribution in [2.24, 2.45) is 0 Å². The van der Waals surface area contributed by atoms with Gasteiger partial charge in [-0.2, -0.15) is 5.10 Å². The number of carbonyl (C=O) groups is 2. The SMILES string of the molecule is CNC(=O)Nc1cccc(NC(=O)c2cnn(-c3ccc(F)cc3)c2C)c1. The number of urea groups is 1. The van der Waals surface area contributed by atoms with Gasteiger partial charge >= 0.3 is 6.03 Å². The van der Waals surface area contributed by atoms with Gasteiger partial charge in [0, 0.05) is 18.4 Å². The molecule has 0 spiro atoms. The Hall–Kier alpha value is -3.68. The van der Waals surface area contributed by atoms with Crippen LogP contribution < -0.4 is 16.0 Å². The lowest BCUT2D eigenvalue weighted by molar-refractivity contribution is 0.102. The van der Waals surface area contributed by atoms with Crippen molar-refractivity contribution in [1.29, 1.82) is 0 Å². The topological polar surface area (TPSA) is 88.1 Å². The van der Waals surface area contributed by atoms with Gasteiger partial charge in [0.25, 0.3) is 5.91 Å². The minimum Gasteiger partial charge on any atom is -0.341 e. The Kier molecular flexibility index (Phi) is 5.16. The number of rotatable bonds is 4. The summed E-state index contributed by atoms with van der Waals surface area (Å²) in [5.74, 6) is -0.676. The third-order valence-corrected chi connectivity index (χ3v) is 3.93. The molecule has 7 nitrogen and oxygen atoms in total. The van der Waals surface area contributed by atoms with Crippen molar-refractivity contribution in [3.8, 4) is 5.69 Å². The van der Waals surface area contributed by atoms with E-state index in [4.69, 9.17) is 0 Å². The van der Waals surface area contributed by atoms with E-state index >= 15 is 0 Å². The molecule has 0 saturated heterocycles. The maximum atomic E-state index is 13.1. The van der Waals surface area contributed by atoms with Crippen LogP contribution in [-0.2, 0) is 0 Å². The molecular formula is C19H18FN5O2. The number of nitrogens with one attached hydrogen (secondary N) is 3. The summed E-state index contributed by atoms with van der Waals surface area (Å²) in [6, 6.07) is 12.3. The zero-order valence-corrected chi connectivity index (χ0v) is 14.8. The van der Waals surface area contributed by atoms with E-state index in [0.29, 0.717) is 28.3 Å². The molecule has 0 aliphatic rings. The van der Waals surface area contributed by atoms with Crippen LogP contribution in [0.5, 0.6) is 0 Å². The van der Waals surface area contributed by atoms with Crippen LogP contribution in [-0.4, -0.2) is 28.8 Å². The van der Waals surface area contributed by atoms with E-state index in [2.05, 4.69) is 21.0 Å². The van der Waals surface area contributed by atoms with E-state index < -0.39 is 0 Å². The van der Waals surface area contributed by atoms with Gasteiger partial charge in [0.2, 0.25) is 0 Å². The average molecular weight is 367 g/mol. The molecular weight excluding hydrogens is 349 g/mol. The normalized spacial score (nSPS) is 10.3. The molecule has 3 aromatic rings. The van der Waals surface area contributed by atoms with Gasteiger partial charge in [0.1, 0.15) is 5.82 Å². The number of nitrogens with zero attached hydrogens (tertiary/aromatic N) is 2. The van der Waals surface area contributed by atoms with Crippen molar-refractivity contribution in [3.05, 3.63) is 71.8 Å². The van der Waals surface area contributed by atoms with Crippen LogP contribution in [0.2, 0.25) is 0 Å². The summed E-state index contributed by atoms with van der Waals surface area (Å²) in [6.45, 7) is 1.76. The quantitative estimate of drug-likeness (QED) is 0.661. The van der Waals surface area contributed by atoms with E-state index in [0.717, 1.165) is 0 Å². The zero-order chi connectivity index (χ0) is 19.4. The molecule has 1 aromatic heterocycles. The van der Waals surface area contributed by atoms with Crippen molar-refractivity contribution < 1.29 is 14.0 Å². The second kappa shape index (κ2) is 7.69. The van der Waals surface area contributed by atoms with Gasteiger partial charge in [0.05, 0.1) is 23.1 Å². The Balaban J connectivity index is 1.78. The molecule has 8 heteroatoms. The fourth-order valence-corrected chi connectivity index (χ4v) is 2.54. The fraction of sp³-hybridized carbons (Fsp3) is 0.105. The molecule has 0 fully saturated rings. The Labute approximate surface area is 155 Å². The lowest BCUT2D eigenvalue weighted by atomic mass is 10.2. The minimum atomic E-state index is -0.352. The van der Waals surface area contributed by atoms with Crippen molar-refractivity contribution in [2.45, 2.75) is 6.92 Å². The number of amides is 3. The molecule has 0 unspecified atom stereocenters. The molecule has 1 heterocycles. The summed E-state index contributed by atoms with van der Waals surface area (Å²) in [4.78, 5) is 24.0. The minimum absolute atomic E-state index is 0.335. The number of aromatic nitrogens is 2. The first-order chi connectivity index (χ1) is 13.0. The van der Waals surface area contributed by atoms with Gasteiger partial charge in [-0.05, 0) is 49.4 Å². The lowest BCUT2D eigenvalue weighted by Gasteiger charge is -2.09. The van der Waals surface area contributed by atoms with Gasteiger partial charge < -0.3 is 16.0 Å². The second-order valence-corrected chi connectivity index (χ2v) is 5.77. The Morgan fingerprint density at radius 3 is 2.37 bits per heavy atom. The maximum absolute atomic E-state index is 13.1. The smallest absolute Gasteiger partial charge is 0.318 e. The van der Waals surface area contributed by atoms with Crippen LogP contribution in [0.4, 0.5) is 20.6 Å². The van der Waals surface area contributed by atoms with Crippen molar-refractivity contribution in [3.63, 3.8) is 0 Å². The van der Waals surface area contributed by atoms with Gasteiger partial charge in [0.15, 0.2) is 0 Å². The molecule has 0 atom stereocenters. The summed E-state index contributed by atoms with van der Waals surface area (Å²) >= 11 is 0. The van der Waals surface area contributed by atoms with Crippen LogP contribution >= 0.6 is 0 Å². The molecule has 0 radical (unpaired) electrons. The van der Waals surface area contributed by atoms with Crippen molar-refractivity contribution in [1.82, 2.24) is 15.1 Å². The summed E-state index contributed by atoms with van der Waals surface area (Å²) in [5.41, 5.74) is 2.75. The van der Waals surface area contributed by atoms with E-state index in [1.54, 1.807) is 48.0 Å². The molecule has 3 N–H and O–H groups in total. The first-order valence-electron chi connectivity index (χ1n) is 8.18. The molecule has 3 amide bonds. The molecule has 0 aliphatic carbocycles. The first-order valence-corrected chi connectivity index (χ1v) is 8.18. The number of hydrogen-bond acceptors (Lipinski definition) is 3. The third kappa shape index (κ3) is 4.12. The second-order valence-electron chi connectivity index (χ2n) is 5.77. The van der Waals surface area contributed by atoms with Crippen molar-refractivity contribution in [2.75, 3.05) is 17.7 Å². The van der Waals surface area contributed by atoms with Crippen LogP contribution in [0.1, 0.15) is 16.1 Å². The highest BCUT2D eigenvalue weighted by Gasteiger charge is 2.15. The zero-order valence-electron chi connectivity index (χ0n) is 14.8. The van der Waals surface area contributed by atoms with Gasteiger partial charge in [-0.15, -0.1) is 0 Å². The number of hydrogen-bond donors (Lipinski definition) is 3. The standard InChI is InChI=1S/C19H18FN5O2/c1-12-17(11-22-25(12)16-8-6-13(20)7-9-16)18(26)23-14-4-3-5-15(10-14)24-19(27)21-2/h3-11H,1-2H3,(H,23,26)(H2,21,24,27). The van der Waals surface area contributed by atoms with Gasteiger partial charge in [-0.1, -0.05) is 6.07 Å². The molecule has 3 rings (SSSR count). The predicted molar refractivity (Wildman–Crippen MR) is 101 cm³/mol. The van der Waals surface area contributed by atoms with Crippen LogP contribution in [0.25, 0.3) is 5.69 Å². The molecule has 27 heavy (non-hydrogen) atoms. The summed E-state index contributed by atoms with van der Waals surface area (Å²) in [5, 5.41) is 12.1. The van der Waals surface area contributed by atoms with E-state index in [1.807, 2.05) is 0 Å². The predicted octanol–water partition coefficient (Wildman–Crippen LogP) is 3.32. The molecule has 0 saturated carbocycles. The summed E-state index contributed by atoms with van der Waals surface area (Å²) in [7, 11) is 1.52. The highest BCUT2D eigenvalue weighted by atomic mass is 19.1. The fourth-order valence-electron chi connectivity index (χ4n) is 2.54. The number of anilines is 2. The first kappa shape index (κ1) is 18.1. The van der Waals surface area contributed by atoms with Crippen LogP contribution in [0, 0.1) is 12.7 Å². The Bertz CT molecular complexity index is 982. The third-order valence-electron chi connectivity index (χ3n) is 3.93. The monoisotopic (exact) mass is 367 g/mol. The van der Waals surface area contributed by atoms with Crippen molar-refractivity contribution >= 4 is 23.3 Å². The van der Waals surface area contributed by atoms with Gasteiger partial charge in [-0.3, -0.25) is 4.79 Å². The number of carbonyl (C=O) groups excluding carboxylic acids is 2. The number of benzene rings is 2. The summed E-state index contributed by atoms with van der Waals surface area (Å²) in [6.07, 6.45) is 1.46. The highest BCUT2D eigenvalue weighted by molar-refractivity contribution is 6.05. The average Bonchev–Trinajstić information content (AvgIpc) is 3.04. The largest absolute Gasteiger partial charge is 0.341 e. The summed E-state index contributed by atoms with van der Waals surface area (Å²) < 4.78 is 14.7. The van der Waals surface area contributed by atoms with E-state index in [9.17, 15) is 14.0 Å². The molecule has 0 aliphatic heterocycles. The van der Waals surface area contributed by atoms with E-state index in [-0.39, 0.29) is 17.8 Å². The number of halogens is 1. The molecule has 2 aromatic carbocycles. The van der Waals surface area contributed by atoms with Crippen LogP contribution in [0.15, 0.2) is 54.7 Å². The van der Waals surface area contributed by atoms with E-state index in [1.165, 1.54) is 25.4 Å². The van der Waals surface area contributed by atoms with Crippen LogP contribution in [0.3, 0.4) is 0 Å². The Morgan fingerprint density at radius 2 is 1.70 bits per heavy atom. The maximum Gasteiger partial charge on any atom is 0.318 e. The lowest BCUT2D eigenvalue weighted by Crippen LogP contribution is -2.24. The highest BCUT2D eigenvalue weighted by Crippen LogP contribution is 2.19. The Morgan fingerprint density at radius 1 is 1.04 bits per heavy atom. The van der Waals surface area contributed by atoms with Gasteiger partial charge in [-0.25, -0.2) is 13.9 Å².